The van der Waals surface area contributed by atoms with E-state index < -0.39 is 0 Å². The first-order valence-electron chi connectivity index (χ1n) is 7.97. The van der Waals surface area contributed by atoms with E-state index in [2.05, 4.69) is 25.9 Å². The summed E-state index contributed by atoms with van der Waals surface area (Å²) >= 11 is 3.47. The lowest BCUT2D eigenvalue weighted by molar-refractivity contribution is 0.348. The Balaban J connectivity index is 2.03. The highest BCUT2D eigenvalue weighted by atomic mass is 79.9. The maximum absolute atomic E-state index is 10.4. The number of phenolic OH excluding ortho intramolecular Hbond substituents is 1. The van der Waals surface area contributed by atoms with Gasteiger partial charge in [0, 0.05) is 17.6 Å². The Labute approximate surface area is 154 Å². The minimum atomic E-state index is -0.00349. The van der Waals surface area contributed by atoms with Gasteiger partial charge in [-0.2, -0.15) is 5.26 Å². The molecule has 2 aromatic rings. The van der Waals surface area contributed by atoms with Crippen LogP contribution in [0.4, 0.5) is 11.4 Å². The number of benzene rings is 2. The highest BCUT2D eigenvalue weighted by molar-refractivity contribution is 9.10. The zero-order chi connectivity index (χ0) is 17.8. The van der Waals surface area contributed by atoms with Crippen LogP contribution in [0.2, 0.25) is 0 Å². The highest BCUT2D eigenvalue weighted by Gasteiger charge is 2.25. The van der Waals surface area contributed by atoms with Crippen molar-refractivity contribution in [2.24, 2.45) is 10.7 Å². The fraction of sp³-hybridized carbons (Fsp3) is 0.222. The Hall–Kier alpha value is -2.56. The smallest absolute Gasteiger partial charge is 0.216 e. The molecule has 0 aromatic heterocycles. The molecule has 1 aliphatic heterocycles. The summed E-state index contributed by atoms with van der Waals surface area (Å²) in [5.74, 6) is 0.255. The molecule has 0 atom stereocenters. The molecular weight excluding hydrogens is 382 g/mol. The average Bonchev–Trinajstić information content (AvgIpc) is 3.12. The van der Waals surface area contributed by atoms with E-state index in [4.69, 9.17) is 11.0 Å². The number of nitrogens with two attached hydrogens (primary N) is 1. The molecule has 2 aromatic carbocycles. The summed E-state index contributed by atoms with van der Waals surface area (Å²) in [6.45, 7) is 1.65. The summed E-state index contributed by atoms with van der Waals surface area (Å²) in [6, 6.07) is 14.3. The van der Waals surface area contributed by atoms with Crippen molar-refractivity contribution >= 4 is 33.3 Å². The number of nitrogens with zero attached hydrogens (tertiary/aromatic N) is 4. The lowest BCUT2D eigenvalue weighted by Crippen LogP contribution is -2.49. The van der Waals surface area contributed by atoms with Crippen LogP contribution in [0.5, 0.6) is 5.75 Å². The third-order valence-electron chi connectivity index (χ3n) is 4.00. The van der Waals surface area contributed by atoms with Gasteiger partial charge in [-0.15, -0.1) is 0 Å². The Morgan fingerprint density at radius 1 is 1.24 bits per heavy atom. The fourth-order valence-electron chi connectivity index (χ4n) is 2.81. The van der Waals surface area contributed by atoms with Crippen LogP contribution in [0, 0.1) is 11.3 Å². The van der Waals surface area contributed by atoms with Crippen LogP contribution in [0.1, 0.15) is 18.4 Å². The van der Waals surface area contributed by atoms with Gasteiger partial charge in [-0.1, -0.05) is 12.1 Å². The zero-order valence-electron chi connectivity index (χ0n) is 13.6. The first-order valence-corrected chi connectivity index (χ1v) is 8.76. The van der Waals surface area contributed by atoms with Crippen LogP contribution in [0.15, 0.2) is 51.9 Å². The van der Waals surface area contributed by atoms with Gasteiger partial charge in [0.25, 0.3) is 0 Å². The van der Waals surface area contributed by atoms with Crippen LogP contribution >= 0.6 is 15.9 Å². The number of hydrogen-bond acceptors (Lipinski definition) is 4. The molecule has 3 N–H and O–H groups in total. The number of rotatable bonds is 3. The van der Waals surface area contributed by atoms with Gasteiger partial charge in [-0.3, -0.25) is 0 Å². The van der Waals surface area contributed by atoms with Crippen molar-refractivity contribution < 1.29 is 5.11 Å². The van der Waals surface area contributed by atoms with E-state index in [-0.39, 0.29) is 11.7 Å². The van der Waals surface area contributed by atoms with Crippen molar-refractivity contribution in [3.05, 3.63) is 52.5 Å². The predicted octanol–water partition coefficient (Wildman–Crippen LogP) is 3.49. The molecule has 0 bridgehead atoms. The SMILES string of the molecule is N#Cc1ccc(N(C(N)=Nc2ccccc2Br)N2CCCC2)c(O)c1. The fourth-order valence-corrected chi connectivity index (χ4v) is 3.18. The van der Waals surface area contributed by atoms with Crippen LogP contribution in [0.25, 0.3) is 0 Å². The van der Waals surface area contributed by atoms with E-state index in [0.717, 1.165) is 30.4 Å². The van der Waals surface area contributed by atoms with Gasteiger partial charge in [0.2, 0.25) is 5.96 Å². The minimum absolute atomic E-state index is 0.00349. The quantitative estimate of drug-likeness (QED) is 0.608. The number of halogens is 1. The number of phenols is 1. The van der Waals surface area contributed by atoms with Crippen molar-refractivity contribution in [2.75, 3.05) is 18.1 Å². The first-order chi connectivity index (χ1) is 12.1. The maximum atomic E-state index is 10.4. The third kappa shape index (κ3) is 3.76. The second kappa shape index (κ2) is 7.55. The number of hydrazine groups is 1. The Bertz CT molecular complexity index is 840. The van der Waals surface area contributed by atoms with Gasteiger partial charge in [-0.05, 0) is 59.1 Å². The van der Waals surface area contributed by atoms with Crippen LogP contribution in [-0.4, -0.2) is 29.2 Å². The minimum Gasteiger partial charge on any atom is -0.506 e. The second-order valence-corrected chi connectivity index (χ2v) is 6.56. The molecule has 1 aliphatic rings. The Morgan fingerprint density at radius 2 is 1.96 bits per heavy atom. The summed E-state index contributed by atoms with van der Waals surface area (Å²) in [7, 11) is 0. The maximum Gasteiger partial charge on any atom is 0.216 e. The molecule has 6 nitrogen and oxygen atoms in total. The van der Waals surface area contributed by atoms with E-state index in [9.17, 15) is 5.11 Å². The monoisotopic (exact) mass is 399 g/mol. The van der Waals surface area contributed by atoms with Gasteiger partial charge in [0.05, 0.1) is 17.3 Å². The van der Waals surface area contributed by atoms with Crippen molar-refractivity contribution in [1.82, 2.24) is 5.01 Å². The van der Waals surface area contributed by atoms with Crippen LogP contribution < -0.4 is 10.7 Å². The van der Waals surface area contributed by atoms with Gasteiger partial charge in [0.1, 0.15) is 11.4 Å². The lowest BCUT2D eigenvalue weighted by atomic mass is 10.2. The normalized spacial score (nSPS) is 15.1. The highest BCUT2D eigenvalue weighted by Crippen LogP contribution is 2.32. The van der Waals surface area contributed by atoms with E-state index in [1.807, 2.05) is 30.3 Å². The van der Waals surface area contributed by atoms with Gasteiger partial charge in [0.15, 0.2) is 0 Å². The van der Waals surface area contributed by atoms with E-state index in [1.54, 1.807) is 17.1 Å². The standard InChI is InChI=1S/C18H18BrN5O/c19-14-5-1-2-6-15(14)22-18(21)24(23-9-3-4-10-23)16-8-7-13(12-20)11-17(16)25/h1-2,5-8,11,25H,3-4,9-10H2,(H2,21,22). The molecule has 0 spiro atoms. The molecule has 0 aliphatic carbocycles. The summed E-state index contributed by atoms with van der Waals surface area (Å²) < 4.78 is 0.836. The molecule has 25 heavy (non-hydrogen) atoms. The number of para-hydroxylation sites is 1. The van der Waals surface area contributed by atoms with Crippen molar-refractivity contribution in [3.8, 4) is 11.8 Å². The number of aliphatic imine (C=N–C) groups is 1. The van der Waals surface area contributed by atoms with Crippen molar-refractivity contribution in [3.63, 3.8) is 0 Å². The molecule has 128 valence electrons. The molecule has 1 saturated heterocycles. The predicted molar refractivity (Wildman–Crippen MR) is 102 cm³/mol. The number of aromatic hydroxyl groups is 1. The molecule has 1 fully saturated rings. The van der Waals surface area contributed by atoms with E-state index in [1.165, 1.54) is 6.07 Å². The van der Waals surface area contributed by atoms with E-state index >= 15 is 0 Å². The topological polar surface area (TPSA) is 88.9 Å². The summed E-state index contributed by atoms with van der Waals surface area (Å²) in [6.07, 6.45) is 2.10. The Kier molecular flexibility index (Phi) is 5.22. The molecule has 0 unspecified atom stereocenters. The van der Waals surface area contributed by atoms with Crippen molar-refractivity contribution in [1.29, 1.82) is 5.26 Å². The Morgan fingerprint density at radius 3 is 2.60 bits per heavy atom. The van der Waals surface area contributed by atoms with Crippen molar-refractivity contribution in [2.45, 2.75) is 12.8 Å². The number of nitriles is 1. The zero-order valence-corrected chi connectivity index (χ0v) is 15.1. The molecule has 3 rings (SSSR count). The molecular formula is C18H18BrN5O. The first kappa shape index (κ1) is 17.3. The summed E-state index contributed by atoms with van der Waals surface area (Å²) in [5.41, 5.74) is 7.91. The molecule has 0 radical (unpaired) electrons. The van der Waals surface area contributed by atoms with Gasteiger partial charge >= 0.3 is 0 Å². The number of anilines is 1. The lowest BCUT2D eigenvalue weighted by Gasteiger charge is -2.32. The van der Waals surface area contributed by atoms with Crippen LogP contribution in [-0.2, 0) is 0 Å². The average molecular weight is 400 g/mol. The molecule has 7 heteroatoms. The summed E-state index contributed by atoms with van der Waals surface area (Å²) in [4.78, 5) is 4.52. The molecule has 0 saturated carbocycles. The van der Waals surface area contributed by atoms with Crippen LogP contribution in [0.3, 0.4) is 0 Å². The number of hydrogen-bond donors (Lipinski definition) is 2. The third-order valence-corrected chi connectivity index (χ3v) is 4.67. The second-order valence-electron chi connectivity index (χ2n) is 5.71. The van der Waals surface area contributed by atoms with Gasteiger partial charge in [-0.25, -0.2) is 15.0 Å². The largest absolute Gasteiger partial charge is 0.506 e. The summed E-state index contributed by atoms with van der Waals surface area (Å²) in [5, 5.41) is 23.2. The molecule has 0 amide bonds. The number of guanidine groups is 1. The van der Waals surface area contributed by atoms with Gasteiger partial charge < -0.3 is 10.8 Å². The van der Waals surface area contributed by atoms with E-state index in [0.29, 0.717) is 16.9 Å². The molecule has 1 heterocycles.